The van der Waals surface area contributed by atoms with E-state index in [0.717, 1.165) is 17.1 Å². The van der Waals surface area contributed by atoms with Crippen molar-refractivity contribution in [2.45, 2.75) is 39.4 Å². The lowest BCUT2D eigenvalue weighted by Crippen LogP contribution is -2.18. The molecule has 1 N–H and O–H groups in total. The molecule has 4 aromatic heterocycles. The number of nitrogens with zero attached hydrogens (tertiary/aromatic N) is 7. The summed E-state index contributed by atoms with van der Waals surface area (Å²) in [6.07, 6.45) is 1.59. The maximum Gasteiger partial charge on any atom is 0.252 e. The lowest BCUT2D eigenvalue weighted by molar-refractivity contribution is -0.113. The zero-order valence-electron chi connectivity index (χ0n) is 17.7. The molecule has 0 aromatic carbocycles. The van der Waals surface area contributed by atoms with Gasteiger partial charge in [0.25, 0.3) is 5.95 Å². The molecule has 4 aromatic rings. The van der Waals surface area contributed by atoms with E-state index >= 15 is 0 Å². The molecule has 0 aliphatic carbocycles. The topological polar surface area (TPSA) is 117 Å². The second-order valence-corrected chi connectivity index (χ2v) is 7.84. The summed E-state index contributed by atoms with van der Waals surface area (Å²) >= 11 is 1.31. The molecule has 0 aliphatic rings. The van der Waals surface area contributed by atoms with Crippen LogP contribution in [0.3, 0.4) is 0 Å². The van der Waals surface area contributed by atoms with Gasteiger partial charge in [0, 0.05) is 24.0 Å². The van der Waals surface area contributed by atoms with Crippen LogP contribution in [-0.4, -0.2) is 46.2 Å². The monoisotopic (exact) mass is 438 g/mol. The van der Waals surface area contributed by atoms with Crippen LogP contribution in [0.2, 0.25) is 0 Å². The fourth-order valence-corrected chi connectivity index (χ4v) is 3.92. The summed E-state index contributed by atoms with van der Waals surface area (Å²) in [7, 11) is 0. The minimum Gasteiger partial charge on any atom is -0.461 e. The third-order valence-electron chi connectivity index (χ3n) is 4.37. The van der Waals surface area contributed by atoms with Crippen molar-refractivity contribution >= 4 is 23.5 Å². The molecule has 4 rings (SSSR count). The van der Waals surface area contributed by atoms with Crippen molar-refractivity contribution in [3.63, 3.8) is 0 Å². The Morgan fingerprint density at radius 1 is 1.13 bits per heavy atom. The summed E-state index contributed by atoms with van der Waals surface area (Å²) in [6, 6.07) is 7.30. The van der Waals surface area contributed by atoms with Crippen LogP contribution in [0, 0.1) is 20.8 Å². The third-order valence-corrected chi connectivity index (χ3v) is 5.33. The number of aromatic nitrogens is 7. The Kier molecular flexibility index (Phi) is 5.85. The van der Waals surface area contributed by atoms with Crippen LogP contribution in [0.5, 0.6) is 0 Å². The second kappa shape index (κ2) is 8.72. The van der Waals surface area contributed by atoms with Gasteiger partial charge in [-0.15, -0.1) is 10.2 Å². The number of thioether (sulfide) groups is 1. The average molecular weight is 439 g/mol. The number of carbonyl (C=O) groups is 1. The molecule has 160 valence electrons. The van der Waals surface area contributed by atoms with Crippen molar-refractivity contribution in [1.29, 1.82) is 0 Å². The van der Waals surface area contributed by atoms with Gasteiger partial charge in [0.2, 0.25) is 5.91 Å². The maximum atomic E-state index is 12.7. The lowest BCUT2D eigenvalue weighted by Gasteiger charge is -2.09. The highest BCUT2D eigenvalue weighted by Crippen LogP contribution is 2.24. The van der Waals surface area contributed by atoms with Gasteiger partial charge in [-0.2, -0.15) is 9.78 Å². The van der Waals surface area contributed by atoms with Crippen LogP contribution in [0.15, 0.2) is 40.1 Å². The molecule has 0 spiro atoms. The normalized spacial score (nSPS) is 11.1. The molecule has 0 unspecified atom stereocenters. The number of amides is 1. The first-order valence-corrected chi connectivity index (χ1v) is 10.7. The SMILES string of the molecule is CCn1c(SCC(=O)Nc2cc(C)nn2-c2nc(C)cc(C)n2)nnc1-c1ccco1. The number of nitrogens with one attached hydrogen (secondary N) is 1. The summed E-state index contributed by atoms with van der Waals surface area (Å²) in [4.78, 5) is 21.5. The Balaban J connectivity index is 1.48. The van der Waals surface area contributed by atoms with E-state index in [1.165, 1.54) is 11.8 Å². The number of aryl methyl sites for hydroxylation is 3. The van der Waals surface area contributed by atoms with Gasteiger partial charge in [-0.05, 0) is 45.9 Å². The highest BCUT2D eigenvalue weighted by Gasteiger charge is 2.18. The van der Waals surface area contributed by atoms with Gasteiger partial charge in [-0.1, -0.05) is 11.8 Å². The molecule has 0 fully saturated rings. The van der Waals surface area contributed by atoms with E-state index in [0.29, 0.717) is 35.1 Å². The summed E-state index contributed by atoms with van der Waals surface area (Å²) < 4.78 is 8.88. The molecule has 0 bridgehead atoms. The standard InChI is InChI=1S/C20H22N8O2S/c1-5-27-18(15-7-6-8-30-15)24-25-20(27)31-11-17(29)23-16-10-14(4)26-28(16)19-21-12(2)9-13(3)22-19/h6-10H,5,11H2,1-4H3,(H,23,29). The molecule has 4 heterocycles. The first-order valence-electron chi connectivity index (χ1n) is 9.73. The molecule has 11 heteroatoms. The number of anilines is 1. The predicted octanol–water partition coefficient (Wildman–Crippen LogP) is 3.19. The molecule has 0 saturated heterocycles. The van der Waals surface area contributed by atoms with Crippen molar-refractivity contribution in [3.8, 4) is 17.5 Å². The fraction of sp³-hybridized carbons (Fsp3) is 0.300. The number of hydrogen-bond donors (Lipinski definition) is 1. The van der Waals surface area contributed by atoms with E-state index in [4.69, 9.17) is 4.42 Å². The van der Waals surface area contributed by atoms with Crippen molar-refractivity contribution in [2.75, 3.05) is 11.1 Å². The van der Waals surface area contributed by atoms with E-state index in [-0.39, 0.29) is 11.7 Å². The highest BCUT2D eigenvalue weighted by atomic mass is 32.2. The van der Waals surface area contributed by atoms with Gasteiger partial charge in [-0.25, -0.2) is 9.97 Å². The zero-order chi connectivity index (χ0) is 22.0. The Bertz CT molecular complexity index is 1190. The molecule has 0 atom stereocenters. The molecule has 10 nitrogen and oxygen atoms in total. The van der Waals surface area contributed by atoms with Gasteiger partial charge in [-0.3, -0.25) is 9.36 Å². The van der Waals surface area contributed by atoms with Crippen molar-refractivity contribution < 1.29 is 9.21 Å². The molecule has 31 heavy (non-hydrogen) atoms. The van der Waals surface area contributed by atoms with E-state index in [1.807, 2.05) is 44.4 Å². The van der Waals surface area contributed by atoms with Gasteiger partial charge in [0.1, 0.15) is 5.82 Å². The lowest BCUT2D eigenvalue weighted by atomic mass is 10.4. The van der Waals surface area contributed by atoms with Gasteiger partial charge in [0.15, 0.2) is 16.7 Å². The van der Waals surface area contributed by atoms with Gasteiger partial charge >= 0.3 is 0 Å². The van der Waals surface area contributed by atoms with Crippen molar-refractivity contribution in [3.05, 3.63) is 47.6 Å². The van der Waals surface area contributed by atoms with E-state index in [1.54, 1.807) is 23.1 Å². The van der Waals surface area contributed by atoms with Crippen LogP contribution in [0.25, 0.3) is 17.5 Å². The maximum absolute atomic E-state index is 12.7. The Morgan fingerprint density at radius 2 is 1.90 bits per heavy atom. The quantitative estimate of drug-likeness (QED) is 0.437. The Hall–Kier alpha value is -3.47. The van der Waals surface area contributed by atoms with Crippen LogP contribution >= 0.6 is 11.8 Å². The first-order chi connectivity index (χ1) is 14.9. The van der Waals surface area contributed by atoms with Crippen LogP contribution in [-0.2, 0) is 11.3 Å². The van der Waals surface area contributed by atoms with Gasteiger partial charge < -0.3 is 9.73 Å². The number of rotatable bonds is 7. The summed E-state index contributed by atoms with van der Waals surface area (Å²) in [5.74, 6) is 2.17. The highest BCUT2D eigenvalue weighted by molar-refractivity contribution is 7.99. The first kappa shape index (κ1) is 20.8. The van der Waals surface area contributed by atoms with E-state index < -0.39 is 0 Å². The van der Waals surface area contributed by atoms with Crippen LogP contribution in [0.1, 0.15) is 24.0 Å². The van der Waals surface area contributed by atoms with Crippen molar-refractivity contribution in [2.24, 2.45) is 0 Å². The van der Waals surface area contributed by atoms with Gasteiger partial charge in [0.05, 0.1) is 17.7 Å². The molecule has 0 radical (unpaired) electrons. The smallest absolute Gasteiger partial charge is 0.252 e. The van der Waals surface area contributed by atoms with E-state index in [9.17, 15) is 4.79 Å². The molecular formula is C20H22N8O2S. The molecule has 0 saturated carbocycles. The van der Waals surface area contributed by atoms with Crippen LogP contribution in [0.4, 0.5) is 5.82 Å². The third kappa shape index (κ3) is 4.50. The minimum atomic E-state index is -0.194. The number of carbonyl (C=O) groups excluding carboxylic acids is 1. The summed E-state index contributed by atoms with van der Waals surface area (Å²) in [6.45, 7) is 8.28. The number of furan rings is 1. The molecule has 0 aliphatic heterocycles. The zero-order valence-corrected chi connectivity index (χ0v) is 18.5. The average Bonchev–Trinajstić information content (AvgIpc) is 3.44. The second-order valence-electron chi connectivity index (χ2n) is 6.90. The predicted molar refractivity (Wildman–Crippen MR) is 116 cm³/mol. The van der Waals surface area contributed by atoms with E-state index in [2.05, 4.69) is 30.6 Å². The van der Waals surface area contributed by atoms with Crippen molar-refractivity contribution in [1.82, 2.24) is 34.5 Å². The molecular weight excluding hydrogens is 416 g/mol. The fourth-order valence-electron chi connectivity index (χ4n) is 3.12. The Morgan fingerprint density at radius 3 is 2.58 bits per heavy atom. The van der Waals surface area contributed by atoms with Crippen LogP contribution < -0.4 is 5.32 Å². The molecule has 1 amide bonds. The minimum absolute atomic E-state index is 0.161. The largest absolute Gasteiger partial charge is 0.461 e. The number of hydrogen-bond acceptors (Lipinski definition) is 8. The Labute approximate surface area is 183 Å². The summed E-state index contributed by atoms with van der Waals surface area (Å²) in [5.41, 5.74) is 2.41. The summed E-state index contributed by atoms with van der Waals surface area (Å²) in [5, 5.41) is 16.4.